The standard InChI is InChI=1S/C38H72O6/c1-3-5-7-9-11-13-15-17-19-21-23-25-27-29-31-33(39)38(43,36-34(40)35(41)37(42)44-36)32-30-28-26-24-22-20-18-16-14-12-10-8-6-4-2/h33,36,39-41,43H,3-32H2,1-2H3/t33?,36-,38-/m0/s1. The maximum Gasteiger partial charge on any atom is 0.378 e. The highest BCUT2D eigenvalue weighted by Crippen LogP contribution is 2.36. The number of carbonyl (C=O) groups excluding carboxylic acids is 1. The van der Waals surface area contributed by atoms with Gasteiger partial charge in [-0.3, -0.25) is 0 Å². The molecule has 0 saturated heterocycles. The molecule has 3 atom stereocenters. The first-order chi connectivity index (χ1) is 21.4. The fourth-order valence-corrected chi connectivity index (χ4v) is 6.64. The van der Waals surface area contributed by atoms with Gasteiger partial charge in [0, 0.05) is 0 Å². The smallest absolute Gasteiger partial charge is 0.378 e. The first-order valence-corrected chi connectivity index (χ1v) is 19.1. The molecule has 1 heterocycles. The molecule has 0 aliphatic carbocycles. The molecule has 0 fully saturated rings. The van der Waals surface area contributed by atoms with Crippen molar-refractivity contribution < 1.29 is 30.0 Å². The molecule has 6 heteroatoms. The molecular weight excluding hydrogens is 552 g/mol. The van der Waals surface area contributed by atoms with Gasteiger partial charge in [0.25, 0.3) is 0 Å². The van der Waals surface area contributed by atoms with Gasteiger partial charge in [0.2, 0.25) is 5.76 Å². The lowest BCUT2D eigenvalue weighted by Crippen LogP contribution is -2.53. The van der Waals surface area contributed by atoms with E-state index >= 15 is 0 Å². The number of cyclic esters (lactones) is 1. The molecule has 260 valence electrons. The van der Waals surface area contributed by atoms with E-state index in [1.54, 1.807) is 0 Å². The minimum atomic E-state index is -1.81. The average Bonchev–Trinajstić information content (AvgIpc) is 3.28. The van der Waals surface area contributed by atoms with E-state index in [1.165, 1.54) is 135 Å². The Morgan fingerprint density at radius 3 is 1.20 bits per heavy atom. The van der Waals surface area contributed by atoms with Gasteiger partial charge < -0.3 is 25.2 Å². The van der Waals surface area contributed by atoms with Gasteiger partial charge in [0.05, 0.1) is 6.10 Å². The van der Waals surface area contributed by atoms with Gasteiger partial charge in [-0.2, -0.15) is 0 Å². The molecule has 0 aromatic heterocycles. The van der Waals surface area contributed by atoms with Crippen LogP contribution in [0.3, 0.4) is 0 Å². The highest BCUT2D eigenvalue weighted by Gasteiger charge is 2.52. The Hall–Kier alpha value is -1.27. The molecule has 0 aromatic carbocycles. The number of hydrogen-bond donors (Lipinski definition) is 4. The molecule has 0 radical (unpaired) electrons. The largest absolute Gasteiger partial charge is 0.505 e. The Labute approximate surface area is 271 Å². The molecular formula is C38H72O6. The number of unbranched alkanes of at least 4 members (excludes halogenated alkanes) is 26. The highest BCUT2D eigenvalue weighted by atomic mass is 16.6. The summed E-state index contributed by atoms with van der Waals surface area (Å²) in [5, 5.41) is 42.8. The van der Waals surface area contributed by atoms with Gasteiger partial charge in [-0.15, -0.1) is 0 Å². The summed E-state index contributed by atoms with van der Waals surface area (Å²) in [6.07, 6.45) is 32.5. The van der Waals surface area contributed by atoms with Gasteiger partial charge in [0.15, 0.2) is 11.9 Å². The van der Waals surface area contributed by atoms with Crippen LogP contribution in [-0.4, -0.2) is 44.2 Å². The number of aliphatic hydroxyl groups is 4. The number of aliphatic hydroxyl groups excluding tert-OH is 3. The summed E-state index contributed by atoms with van der Waals surface area (Å²) in [5.41, 5.74) is -1.81. The van der Waals surface area contributed by atoms with E-state index in [2.05, 4.69) is 13.8 Å². The van der Waals surface area contributed by atoms with Crippen molar-refractivity contribution in [3.05, 3.63) is 11.5 Å². The van der Waals surface area contributed by atoms with Crippen LogP contribution in [-0.2, 0) is 9.53 Å². The number of carbonyl (C=O) groups is 1. The van der Waals surface area contributed by atoms with Crippen molar-refractivity contribution in [2.24, 2.45) is 0 Å². The topological polar surface area (TPSA) is 107 Å². The van der Waals surface area contributed by atoms with Crippen molar-refractivity contribution in [2.45, 2.75) is 224 Å². The van der Waals surface area contributed by atoms with E-state index in [0.717, 1.165) is 38.5 Å². The van der Waals surface area contributed by atoms with Crippen molar-refractivity contribution in [1.29, 1.82) is 0 Å². The quantitative estimate of drug-likeness (QED) is 0.0438. The summed E-state index contributed by atoms with van der Waals surface area (Å²) in [6, 6.07) is 0. The van der Waals surface area contributed by atoms with Gasteiger partial charge in [-0.25, -0.2) is 4.79 Å². The predicted octanol–water partition coefficient (Wildman–Crippen LogP) is 11.1. The zero-order valence-corrected chi connectivity index (χ0v) is 29.0. The first kappa shape index (κ1) is 40.8. The number of esters is 1. The van der Waals surface area contributed by atoms with Crippen molar-refractivity contribution in [3.63, 3.8) is 0 Å². The number of hydrogen-bond acceptors (Lipinski definition) is 6. The van der Waals surface area contributed by atoms with E-state index < -0.39 is 35.3 Å². The summed E-state index contributed by atoms with van der Waals surface area (Å²) in [5.74, 6) is -2.57. The Morgan fingerprint density at radius 2 is 0.886 bits per heavy atom. The van der Waals surface area contributed by atoms with Crippen LogP contribution in [0.25, 0.3) is 0 Å². The Balaban J connectivity index is 2.25. The lowest BCUT2D eigenvalue weighted by molar-refractivity contribution is -0.175. The summed E-state index contributed by atoms with van der Waals surface area (Å²) in [6.45, 7) is 4.51. The minimum Gasteiger partial charge on any atom is -0.505 e. The second-order valence-electron chi connectivity index (χ2n) is 13.8. The van der Waals surface area contributed by atoms with Crippen LogP contribution in [0.5, 0.6) is 0 Å². The molecule has 0 aromatic rings. The zero-order chi connectivity index (χ0) is 32.3. The van der Waals surface area contributed by atoms with Gasteiger partial charge in [0.1, 0.15) is 5.60 Å². The third kappa shape index (κ3) is 18.0. The van der Waals surface area contributed by atoms with Crippen LogP contribution in [0.2, 0.25) is 0 Å². The number of ether oxygens (including phenoxy) is 1. The van der Waals surface area contributed by atoms with Crippen molar-refractivity contribution in [2.75, 3.05) is 0 Å². The second kappa shape index (κ2) is 26.9. The molecule has 6 nitrogen and oxygen atoms in total. The molecule has 0 amide bonds. The Bertz CT molecular complexity index is 722. The monoisotopic (exact) mass is 625 g/mol. The molecule has 1 unspecified atom stereocenters. The summed E-state index contributed by atoms with van der Waals surface area (Å²) in [4.78, 5) is 11.9. The molecule has 44 heavy (non-hydrogen) atoms. The minimum absolute atomic E-state index is 0.208. The predicted molar refractivity (Wildman–Crippen MR) is 183 cm³/mol. The van der Waals surface area contributed by atoms with E-state index in [4.69, 9.17) is 4.74 Å². The maximum absolute atomic E-state index is 11.9. The van der Waals surface area contributed by atoms with E-state index in [9.17, 15) is 25.2 Å². The summed E-state index contributed by atoms with van der Waals surface area (Å²) >= 11 is 0. The third-order valence-electron chi connectivity index (χ3n) is 9.70. The molecule has 1 rings (SSSR count). The van der Waals surface area contributed by atoms with E-state index in [0.29, 0.717) is 12.8 Å². The van der Waals surface area contributed by atoms with Crippen LogP contribution < -0.4 is 0 Å². The first-order valence-electron chi connectivity index (χ1n) is 19.1. The lowest BCUT2D eigenvalue weighted by atomic mass is 9.81. The van der Waals surface area contributed by atoms with Crippen LogP contribution in [0.1, 0.15) is 206 Å². The van der Waals surface area contributed by atoms with Gasteiger partial charge >= 0.3 is 5.97 Å². The molecule has 1 aliphatic heterocycles. The molecule has 0 spiro atoms. The third-order valence-corrected chi connectivity index (χ3v) is 9.70. The number of rotatable bonds is 32. The van der Waals surface area contributed by atoms with E-state index in [-0.39, 0.29) is 6.42 Å². The van der Waals surface area contributed by atoms with Gasteiger partial charge in [-0.05, 0) is 12.8 Å². The van der Waals surface area contributed by atoms with Gasteiger partial charge in [-0.1, -0.05) is 194 Å². The van der Waals surface area contributed by atoms with E-state index in [1.807, 2.05) is 0 Å². The normalized spacial score (nSPS) is 17.3. The molecule has 0 bridgehead atoms. The van der Waals surface area contributed by atoms with Crippen LogP contribution in [0.4, 0.5) is 0 Å². The second-order valence-corrected chi connectivity index (χ2v) is 13.8. The van der Waals surface area contributed by atoms with Crippen LogP contribution in [0.15, 0.2) is 11.5 Å². The molecule has 0 saturated carbocycles. The summed E-state index contributed by atoms with van der Waals surface area (Å²) < 4.78 is 5.14. The molecule has 1 aliphatic rings. The lowest BCUT2D eigenvalue weighted by Gasteiger charge is -2.37. The average molecular weight is 625 g/mol. The summed E-state index contributed by atoms with van der Waals surface area (Å²) in [7, 11) is 0. The maximum atomic E-state index is 11.9. The zero-order valence-electron chi connectivity index (χ0n) is 29.0. The fraction of sp³-hybridized carbons (Fsp3) is 0.921. The molecule has 4 N–H and O–H groups in total. The fourth-order valence-electron chi connectivity index (χ4n) is 6.64. The van der Waals surface area contributed by atoms with Crippen LogP contribution >= 0.6 is 0 Å². The Morgan fingerprint density at radius 1 is 0.568 bits per heavy atom. The van der Waals surface area contributed by atoms with Crippen LogP contribution in [0, 0.1) is 0 Å². The SMILES string of the molecule is CCCCCCCCCCCCCCCCC(O)[C@@](O)(CCCCCCCCCCCCCCCC)[C@H]1OC(=O)C(O)=C1O. The Kier molecular flexibility index (Phi) is 24.9. The van der Waals surface area contributed by atoms with Crippen molar-refractivity contribution in [3.8, 4) is 0 Å². The van der Waals surface area contributed by atoms with Crippen molar-refractivity contribution in [1.82, 2.24) is 0 Å². The van der Waals surface area contributed by atoms with Crippen molar-refractivity contribution >= 4 is 5.97 Å². The highest BCUT2D eigenvalue weighted by molar-refractivity contribution is 5.89.